The van der Waals surface area contributed by atoms with Crippen LogP contribution in [-0.2, 0) is 0 Å². The van der Waals surface area contributed by atoms with Gasteiger partial charge in [0.05, 0.1) is 16.1 Å². The molecule has 0 spiro atoms. The molecule has 0 atom stereocenters. The molecular weight excluding hydrogens is 274 g/mol. The van der Waals surface area contributed by atoms with Crippen LogP contribution in [0.15, 0.2) is 12.1 Å². The van der Waals surface area contributed by atoms with E-state index in [1.165, 1.54) is 0 Å². The Balaban J connectivity index is 2.22. The Morgan fingerprint density at radius 2 is 1.89 bits per heavy atom. The van der Waals surface area contributed by atoms with E-state index in [1.54, 1.807) is 0 Å². The van der Waals surface area contributed by atoms with E-state index in [0.717, 1.165) is 37.8 Å². The minimum Gasteiger partial charge on any atom is -0.345 e. The minimum absolute atomic E-state index is 0.0692. The zero-order valence-electron chi connectivity index (χ0n) is 10.3. The summed E-state index contributed by atoms with van der Waals surface area (Å²) < 4.78 is 26.1. The van der Waals surface area contributed by atoms with E-state index < -0.39 is 23.1 Å². The molecule has 3 N–H and O–H groups in total. The molecule has 0 bridgehead atoms. The van der Waals surface area contributed by atoms with Gasteiger partial charge in [0.2, 0.25) is 0 Å². The lowest BCUT2D eigenvalue weighted by molar-refractivity contribution is 0.0902. The van der Waals surface area contributed by atoms with E-state index in [4.69, 9.17) is 17.3 Å². The molecule has 0 radical (unpaired) electrons. The second-order valence-electron chi connectivity index (χ2n) is 4.89. The average Bonchev–Trinajstić information content (AvgIpc) is 2.83. The van der Waals surface area contributed by atoms with Gasteiger partial charge < -0.3 is 11.1 Å². The summed E-state index contributed by atoms with van der Waals surface area (Å²) >= 11 is 5.77. The van der Waals surface area contributed by atoms with Gasteiger partial charge in [-0.1, -0.05) is 24.4 Å². The van der Waals surface area contributed by atoms with E-state index in [9.17, 15) is 13.6 Å². The number of amides is 1. The van der Waals surface area contributed by atoms with Crippen molar-refractivity contribution >= 4 is 17.5 Å². The molecule has 1 aromatic carbocycles. The molecule has 19 heavy (non-hydrogen) atoms. The highest BCUT2D eigenvalue weighted by Crippen LogP contribution is 2.29. The largest absolute Gasteiger partial charge is 0.345 e. The van der Waals surface area contributed by atoms with Crippen molar-refractivity contribution in [1.29, 1.82) is 0 Å². The van der Waals surface area contributed by atoms with E-state index >= 15 is 0 Å². The van der Waals surface area contributed by atoms with Crippen molar-refractivity contribution in [3.63, 3.8) is 0 Å². The number of rotatable bonds is 3. The average molecular weight is 289 g/mol. The normalized spacial score (nSPS) is 17.5. The maximum absolute atomic E-state index is 13.2. The zero-order chi connectivity index (χ0) is 14.0. The first-order chi connectivity index (χ1) is 8.97. The molecule has 0 heterocycles. The third-order valence-electron chi connectivity index (χ3n) is 3.58. The maximum atomic E-state index is 13.2. The Morgan fingerprint density at radius 3 is 2.47 bits per heavy atom. The molecule has 6 heteroatoms. The molecule has 104 valence electrons. The number of halogens is 3. The van der Waals surface area contributed by atoms with Crippen LogP contribution in [0.2, 0.25) is 5.02 Å². The van der Waals surface area contributed by atoms with Gasteiger partial charge in [0.15, 0.2) is 11.6 Å². The van der Waals surface area contributed by atoms with Crippen molar-refractivity contribution in [2.45, 2.75) is 31.2 Å². The molecule has 1 aliphatic carbocycles. The summed E-state index contributed by atoms with van der Waals surface area (Å²) in [5, 5.41) is 2.70. The number of nitrogens with two attached hydrogens (primary N) is 1. The highest BCUT2D eigenvalue weighted by molar-refractivity contribution is 6.33. The summed E-state index contributed by atoms with van der Waals surface area (Å²) in [5.41, 5.74) is 5.18. The van der Waals surface area contributed by atoms with Gasteiger partial charge in [0, 0.05) is 6.54 Å². The first-order valence-electron chi connectivity index (χ1n) is 6.14. The Labute approximate surface area is 115 Å². The minimum atomic E-state index is -1.09. The summed E-state index contributed by atoms with van der Waals surface area (Å²) in [6, 6.07) is 1.61. The Kier molecular flexibility index (Phi) is 4.06. The smallest absolute Gasteiger partial charge is 0.253 e. The van der Waals surface area contributed by atoms with Crippen LogP contribution in [-0.4, -0.2) is 18.0 Å². The van der Waals surface area contributed by atoms with Gasteiger partial charge in [-0.25, -0.2) is 8.78 Å². The lowest BCUT2D eigenvalue weighted by Gasteiger charge is -2.28. The lowest BCUT2D eigenvalue weighted by Crippen LogP contribution is -2.51. The summed E-state index contributed by atoms with van der Waals surface area (Å²) in [4.78, 5) is 12.1. The monoisotopic (exact) mass is 288 g/mol. The van der Waals surface area contributed by atoms with E-state index in [-0.39, 0.29) is 10.6 Å². The molecule has 1 saturated carbocycles. The standard InChI is InChI=1S/C13H15ClF2N2O/c14-9-6-11(16)10(15)5-8(9)12(19)18-13(7-17)3-1-2-4-13/h5-6H,1-4,7,17H2,(H,18,19). The van der Waals surface area contributed by atoms with Crippen molar-refractivity contribution in [2.75, 3.05) is 6.54 Å². The first-order valence-corrected chi connectivity index (χ1v) is 6.52. The predicted molar refractivity (Wildman–Crippen MR) is 69.1 cm³/mol. The van der Waals surface area contributed by atoms with Crippen LogP contribution in [0.1, 0.15) is 36.0 Å². The topological polar surface area (TPSA) is 55.1 Å². The van der Waals surface area contributed by atoms with Crippen molar-refractivity contribution < 1.29 is 13.6 Å². The fraction of sp³-hybridized carbons (Fsp3) is 0.462. The Hall–Kier alpha value is -1.20. The molecule has 2 rings (SSSR count). The van der Waals surface area contributed by atoms with Gasteiger partial charge >= 0.3 is 0 Å². The van der Waals surface area contributed by atoms with Crippen LogP contribution in [0, 0.1) is 11.6 Å². The molecular formula is C13H15ClF2N2O. The number of carbonyl (C=O) groups is 1. The van der Waals surface area contributed by atoms with Crippen LogP contribution in [0.3, 0.4) is 0 Å². The fourth-order valence-corrected chi connectivity index (χ4v) is 2.67. The van der Waals surface area contributed by atoms with Gasteiger partial charge in [0.25, 0.3) is 5.91 Å². The van der Waals surface area contributed by atoms with Gasteiger partial charge in [0.1, 0.15) is 0 Å². The van der Waals surface area contributed by atoms with Crippen LogP contribution >= 0.6 is 11.6 Å². The van der Waals surface area contributed by atoms with Crippen molar-refractivity contribution in [3.8, 4) is 0 Å². The maximum Gasteiger partial charge on any atom is 0.253 e. The second kappa shape index (κ2) is 5.43. The summed E-state index contributed by atoms with van der Waals surface area (Å²) in [5.74, 6) is -2.69. The predicted octanol–water partition coefficient (Wildman–Crippen LogP) is 2.62. The Morgan fingerprint density at radius 1 is 1.32 bits per heavy atom. The second-order valence-corrected chi connectivity index (χ2v) is 5.30. The molecule has 1 aliphatic rings. The summed E-state index contributed by atoms with van der Waals surface area (Å²) in [7, 11) is 0. The van der Waals surface area contributed by atoms with Crippen molar-refractivity contribution in [3.05, 3.63) is 34.4 Å². The zero-order valence-corrected chi connectivity index (χ0v) is 11.1. The van der Waals surface area contributed by atoms with Gasteiger partial charge in [-0.15, -0.1) is 0 Å². The number of hydrogen-bond acceptors (Lipinski definition) is 2. The molecule has 1 aromatic rings. The number of benzene rings is 1. The van der Waals surface area contributed by atoms with Gasteiger partial charge in [-0.3, -0.25) is 4.79 Å². The molecule has 0 saturated heterocycles. The fourth-order valence-electron chi connectivity index (χ4n) is 2.44. The molecule has 1 amide bonds. The summed E-state index contributed by atoms with van der Waals surface area (Å²) in [6.45, 7) is 0.319. The quantitative estimate of drug-likeness (QED) is 0.840. The van der Waals surface area contributed by atoms with Crippen molar-refractivity contribution in [2.24, 2.45) is 5.73 Å². The lowest BCUT2D eigenvalue weighted by atomic mass is 9.97. The highest BCUT2D eigenvalue weighted by Gasteiger charge is 2.34. The molecule has 0 aromatic heterocycles. The van der Waals surface area contributed by atoms with Gasteiger partial charge in [-0.05, 0) is 25.0 Å². The van der Waals surface area contributed by atoms with Crippen LogP contribution in [0.5, 0.6) is 0 Å². The molecule has 3 nitrogen and oxygen atoms in total. The molecule has 0 aliphatic heterocycles. The van der Waals surface area contributed by atoms with Crippen molar-refractivity contribution in [1.82, 2.24) is 5.32 Å². The molecule has 1 fully saturated rings. The SMILES string of the molecule is NCC1(NC(=O)c2cc(F)c(F)cc2Cl)CCCC1. The van der Waals surface area contributed by atoms with E-state index in [1.807, 2.05) is 0 Å². The third kappa shape index (κ3) is 2.87. The summed E-state index contributed by atoms with van der Waals surface area (Å²) in [6.07, 6.45) is 3.55. The third-order valence-corrected chi connectivity index (χ3v) is 3.90. The van der Waals surface area contributed by atoms with Gasteiger partial charge in [-0.2, -0.15) is 0 Å². The van der Waals surface area contributed by atoms with E-state index in [0.29, 0.717) is 6.54 Å². The number of carbonyl (C=O) groups excluding carboxylic acids is 1. The van der Waals surface area contributed by atoms with Crippen LogP contribution in [0.25, 0.3) is 0 Å². The molecule has 0 unspecified atom stereocenters. The van der Waals surface area contributed by atoms with Crippen LogP contribution in [0.4, 0.5) is 8.78 Å². The number of hydrogen-bond donors (Lipinski definition) is 2. The Bertz CT molecular complexity index is 502. The highest BCUT2D eigenvalue weighted by atomic mass is 35.5. The first kappa shape index (κ1) is 14.2. The van der Waals surface area contributed by atoms with Crippen LogP contribution < -0.4 is 11.1 Å². The van der Waals surface area contributed by atoms with E-state index in [2.05, 4.69) is 5.32 Å². The number of nitrogens with one attached hydrogen (secondary N) is 1.